The monoisotopic (exact) mass is 448 g/mol. The van der Waals surface area contributed by atoms with Gasteiger partial charge in [-0.05, 0) is 55.7 Å². The molecule has 0 bridgehead atoms. The molecule has 1 heterocycles. The van der Waals surface area contributed by atoms with Crippen LogP contribution < -0.4 is 0 Å². The largest absolute Gasteiger partial charge is 0.403 e. The molecule has 1 N–H and O–H groups in total. The van der Waals surface area contributed by atoms with E-state index in [1.54, 1.807) is 0 Å². The van der Waals surface area contributed by atoms with Crippen molar-refractivity contribution in [2.75, 3.05) is 13.2 Å². The predicted molar refractivity (Wildman–Crippen MR) is 126 cm³/mol. The summed E-state index contributed by atoms with van der Waals surface area (Å²) < 4.78 is 19.1. The zero-order chi connectivity index (χ0) is 22.4. The Morgan fingerprint density at radius 3 is 2.29 bits per heavy atom. The van der Waals surface area contributed by atoms with Gasteiger partial charge in [0.1, 0.15) is 6.10 Å². The first-order valence-corrected chi connectivity index (χ1v) is 15.6. The molecular weight excluding hydrogens is 404 g/mol. The molecule has 6 atom stereocenters. The fourth-order valence-corrected chi connectivity index (χ4v) is 7.55. The van der Waals surface area contributed by atoms with Crippen molar-refractivity contribution in [3.8, 4) is 11.8 Å². The Hall–Kier alpha value is -0.383. The molecule has 4 nitrogen and oxygen atoms in total. The Balaban J connectivity index is 1.56. The summed E-state index contributed by atoms with van der Waals surface area (Å²) in [7, 11) is -1.92. The summed E-state index contributed by atoms with van der Waals surface area (Å²) in [5, 5.41) is 11.1. The van der Waals surface area contributed by atoms with Crippen LogP contribution >= 0.6 is 0 Å². The predicted octanol–water partition coefficient (Wildman–Crippen LogP) is 5.36. The van der Waals surface area contributed by atoms with E-state index in [1.807, 2.05) is 0 Å². The molecule has 4 fully saturated rings. The smallest absolute Gasteiger partial charge is 0.193 e. The van der Waals surface area contributed by atoms with Gasteiger partial charge in [-0.15, -0.1) is 0 Å². The molecule has 3 aliphatic carbocycles. The van der Waals surface area contributed by atoms with E-state index in [0.717, 1.165) is 12.8 Å². The van der Waals surface area contributed by atoms with Crippen LogP contribution in [0.2, 0.25) is 18.1 Å². The molecular formula is C26H44O4Si. The Kier molecular flexibility index (Phi) is 6.72. The van der Waals surface area contributed by atoms with Crippen LogP contribution in [0, 0.1) is 41.4 Å². The lowest BCUT2D eigenvalue weighted by Crippen LogP contribution is -2.67. The van der Waals surface area contributed by atoms with Crippen molar-refractivity contribution >= 4 is 8.32 Å². The van der Waals surface area contributed by atoms with Gasteiger partial charge in [-0.25, -0.2) is 0 Å². The first-order valence-electron chi connectivity index (χ1n) is 12.7. The Labute approximate surface area is 190 Å². The van der Waals surface area contributed by atoms with E-state index in [2.05, 4.69) is 52.6 Å². The maximum atomic E-state index is 10.9. The molecule has 4 aliphatic rings. The molecule has 0 aromatic heterocycles. The standard InChI is InChI=1S/C26H44O4Si/c1-18-24-20(22(27)14-13-21(24)26(18)28-16-17-29-26)12-15-23(19-10-8-7-9-11-19)30-31(5,6)25(2,3)4/h18-24,27H,7-11,13-14,16-17H2,1-6H3/t18?,20-,21-,22+,23-,24+/m0/s1. The fourth-order valence-electron chi connectivity index (χ4n) is 6.31. The number of rotatable bonds is 3. The maximum absolute atomic E-state index is 10.9. The second-order valence-corrected chi connectivity index (χ2v) is 16.8. The summed E-state index contributed by atoms with van der Waals surface area (Å²) in [5.41, 5.74) is 0. The summed E-state index contributed by atoms with van der Waals surface area (Å²) in [5.74, 6) is 8.34. The highest BCUT2D eigenvalue weighted by Crippen LogP contribution is 2.61. The van der Waals surface area contributed by atoms with Crippen LogP contribution in [0.25, 0.3) is 0 Å². The van der Waals surface area contributed by atoms with E-state index in [-0.39, 0.29) is 29.1 Å². The maximum Gasteiger partial charge on any atom is 0.193 e. The zero-order valence-corrected chi connectivity index (χ0v) is 21.6. The Morgan fingerprint density at radius 1 is 1.03 bits per heavy atom. The molecule has 176 valence electrons. The zero-order valence-electron chi connectivity index (χ0n) is 20.6. The second kappa shape index (κ2) is 8.76. The van der Waals surface area contributed by atoms with Crippen LogP contribution in [0.1, 0.15) is 72.6 Å². The van der Waals surface area contributed by atoms with Gasteiger partial charge in [0, 0.05) is 11.8 Å². The molecule has 31 heavy (non-hydrogen) atoms. The van der Waals surface area contributed by atoms with E-state index in [1.165, 1.54) is 32.1 Å². The van der Waals surface area contributed by atoms with Gasteiger partial charge >= 0.3 is 0 Å². The topological polar surface area (TPSA) is 47.9 Å². The Bertz CT molecular complexity index is 690. The summed E-state index contributed by atoms with van der Waals surface area (Å²) in [6.45, 7) is 15.2. The van der Waals surface area contributed by atoms with E-state index in [4.69, 9.17) is 13.9 Å². The third kappa shape index (κ3) is 4.28. The van der Waals surface area contributed by atoms with Crippen molar-refractivity contribution in [3.63, 3.8) is 0 Å². The SMILES string of the molecule is CC1[C@@H]2[C@@H](C#C[C@H](O[Si](C)(C)C(C)(C)C)C3CCCCC3)[C@H](O)CC[C@@H]2C12OCCO2. The molecule has 0 aromatic rings. The minimum atomic E-state index is -1.92. The van der Waals surface area contributed by atoms with E-state index in [0.29, 0.717) is 31.0 Å². The van der Waals surface area contributed by atoms with Crippen LogP contribution in [0.3, 0.4) is 0 Å². The van der Waals surface area contributed by atoms with Crippen LogP contribution in [-0.2, 0) is 13.9 Å². The van der Waals surface area contributed by atoms with Crippen molar-refractivity contribution in [1.82, 2.24) is 0 Å². The molecule has 0 radical (unpaired) electrons. The van der Waals surface area contributed by atoms with Gasteiger partial charge < -0.3 is 19.0 Å². The molecule has 3 saturated carbocycles. The third-order valence-electron chi connectivity index (χ3n) is 9.23. The molecule has 5 heteroatoms. The van der Waals surface area contributed by atoms with Gasteiger partial charge in [0.15, 0.2) is 14.1 Å². The van der Waals surface area contributed by atoms with Crippen molar-refractivity contribution < 1.29 is 19.0 Å². The summed E-state index contributed by atoms with van der Waals surface area (Å²) in [6.07, 6.45) is 7.75. The lowest BCUT2D eigenvalue weighted by Gasteiger charge is -2.61. The number of hydrogen-bond donors (Lipinski definition) is 1. The van der Waals surface area contributed by atoms with E-state index < -0.39 is 14.1 Å². The lowest BCUT2D eigenvalue weighted by molar-refractivity contribution is -0.334. The van der Waals surface area contributed by atoms with Gasteiger partial charge in [0.25, 0.3) is 0 Å². The summed E-state index contributed by atoms with van der Waals surface area (Å²) in [4.78, 5) is 0. The first kappa shape index (κ1) is 23.8. The Morgan fingerprint density at radius 2 is 1.68 bits per heavy atom. The summed E-state index contributed by atoms with van der Waals surface area (Å²) in [6, 6.07) is 0. The highest BCUT2D eigenvalue weighted by atomic mass is 28.4. The quantitative estimate of drug-likeness (QED) is 0.467. The minimum Gasteiger partial charge on any atom is -0.403 e. The average Bonchev–Trinajstić information content (AvgIpc) is 3.24. The highest BCUT2D eigenvalue weighted by Gasteiger charge is 2.67. The van der Waals surface area contributed by atoms with Gasteiger partial charge in [-0.2, -0.15) is 0 Å². The molecule has 1 aliphatic heterocycles. The van der Waals surface area contributed by atoms with Gasteiger partial charge in [-0.3, -0.25) is 0 Å². The third-order valence-corrected chi connectivity index (χ3v) is 13.7. The van der Waals surface area contributed by atoms with Gasteiger partial charge in [0.05, 0.1) is 25.2 Å². The molecule has 1 spiro atoms. The fraction of sp³-hybridized carbons (Fsp3) is 0.923. The van der Waals surface area contributed by atoms with Crippen LogP contribution in [0.4, 0.5) is 0 Å². The first-order chi connectivity index (χ1) is 14.6. The van der Waals surface area contributed by atoms with Crippen LogP contribution in [-0.4, -0.2) is 44.6 Å². The molecule has 0 amide bonds. The molecule has 1 saturated heterocycles. The normalized spacial score (nSPS) is 36.9. The molecule has 4 rings (SSSR count). The lowest BCUT2D eigenvalue weighted by atomic mass is 9.50. The second-order valence-electron chi connectivity index (χ2n) is 12.0. The number of ether oxygens (including phenoxy) is 2. The van der Waals surface area contributed by atoms with Crippen molar-refractivity contribution in [2.45, 2.75) is 109 Å². The van der Waals surface area contributed by atoms with Crippen LogP contribution in [0.5, 0.6) is 0 Å². The number of hydrogen-bond acceptors (Lipinski definition) is 4. The van der Waals surface area contributed by atoms with Crippen molar-refractivity contribution in [2.24, 2.45) is 29.6 Å². The van der Waals surface area contributed by atoms with E-state index >= 15 is 0 Å². The summed E-state index contributed by atoms with van der Waals surface area (Å²) >= 11 is 0. The number of aliphatic hydroxyl groups excluding tert-OH is 1. The van der Waals surface area contributed by atoms with Gasteiger partial charge in [0.2, 0.25) is 0 Å². The van der Waals surface area contributed by atoms with Crippen molar-refractivity contribution in [1.29, 1.82) is 0 Å². The number of aliphatic hydroxyl groups is 1. The van der Waals surface area contributed by atoms with Gasteiger partial charge in [-0.1, -0.05) is 58.8 Å². The van der Waals surface area contributed by atoms with Crippen LogP contribution in [0.15, 0.2) is 0 Å². The average molecular weight is 449 g/mol. The molecule has 1 unspecified atom stereocenters. The minimum absolute atomic E-state index is 0.00119. The molecule has 0 aromatic carbocycles. The van der Waals surface area contributed by atoms with E-state index in [9.17, 15) is 5.11 Å². The number of fused-ring (bicyclic) bond motifs is 2. The van der Waals surface area contributed by atoms with Crippen molar-refractivity contribution in [3.05, 3.63) is 0 Å². The highest BCUT2D eigenvalue weighted by molar-refractivity contribution is 6.74.